The third-order valence-corrected chi connectivity index (χ3v) is 4.26. The lowest BCUT2D eigenvalue weighted by molar-refractivity contribution is 0.602. The van der Waals surface area contributed by atoms with Gasteiger partial charge in [-0.15, -0.1) is 0 Å². The Labute approximate surface area is 119 Å². The van der Waals surface area contributed by atoms with Gasteiger partial charge in [0, 0.05) is 6.04 Å². The Balaban J connectivity index is 2.13. The largest absolute Gasteiger partial charge is 0.381 e. The van der Waals surface area contributed by atoms with Gasteiger partial charge in [-0.2, -0.15) is 0 Å². The summed E-state index contributed by atoms with van der Waals surface area (Å²) in [6.45, 7) is 2.24. The quantitative estimate of drug-likeness (QED) is 0.897. The van der Waals surface area contributed by atoms with Gasteiger partial charge in [0.25, 0.3) is 0 Å². The Kier molecular flexibility index (Phi) is 4.26. The average Bonchev–Trinajstić information content (AvgIpc) is 2.67. The summed E-state index contributed by atoms with van der Waals surface area (Å²) in [4.78, 5) is 0. The van der Waals surface area contributed by atoms with E-state index in [1.807, 2.05) is 0 Å². The Morgan fingerprint density at radius 3 is 2.63 bits per heavy atom. The van der Waals surface area contributed by atoms with E-state index in [4.69, 9.17) is 11.6 Å². The lowest BCUT2D eigenvalue weighted by Gasteiger charge is -2.16. The molecule has 1 aromatic rings. The number of anilines is 2. The molecular weight excluding hydrogens is 284 g/mol. The van der Waals surface area contributed by atoms with Gasteiger partial charge < -0.3 is 5.32 Å². The zero-order chi connectivity index (χ0) is 14.0. The lowest BCUT2D eigenvalue weighted by atomic mass is 10.1. The Morgan fingerprint density at radius 2 is 2.05 bits per heavy atom. The van der Waals surface area contributed by atoms with Gasteiger partial charge in [-0.1, -0.05) is 18.5 Å². The molecule has 106 valence electrons. The van der Waals surface area contributed by atoms with E-state index in [0.29, 0.717) is 16.8 Å². The van der Waals surface area contributed by atoms with Gasteiger partial charge in [0.15, 0.2) is 0 Å². The molecule has 0 aliphatic heterocycles. The topological polar surface area (TPSA) is 58.2 Å². The molecule has 0 heterocycles. The highest BCUT2D eigenvalue weighted by Gasteiger charge is 2.21. The van der Waals surface area contributed by atoms with Crippen LogP contribution in [0.2, 0.25) is 5.02 Å². The van der Waals surface area contributed by atoms with Crippen molar-refractivity contribution < 1.29 is 8.42 Å². The van der Waals surface area contributed by atoms with Crippen molar-refractivity contribution in [1.82, 2.24) is 0 Å². The molecule has 0 amide bonds. The smallest absolute Gasteiger partial charge is 0.229 e. The number of halogens is 1. The summed E-state index contributed by atoms with van der Waals surface area (Å²) in [5.74, 6) is 0.730. The van der Waals surface area contributed by atoms with E-state index in [2.05, 4.69) is 17.0 Å². The van der Waals surface area contributed by atoms with Gasteiger partial charge in [-0.3, -0.25) is 4.72 Å². The van der Waals surface area contributed by atoms with Crippen LogP contribution in [0.15, 0.2) is 18.2 Å². The minimum Gasteiger partial charge on any atom is -0.381 e. The van der Waals surface area contributed by atoms with E-state index in [-0.39, 0.29) is 0 Å². The molecule has 2 unspecified atom stereocenters. The maximum Gasteiger partial charge on any atom is 0.229 e. The van der Waals surface area contributed by atoms with Crippen LogP contribution in [0, 0.1) is 5.92 Å². The van der Waals surface area contributed by atoms with Gasteiger partial charge in [0.05, 0.1) is 22.7 Å². The normalized spacial score (nSPS) is 23.3. The van der Waals surface area contributed by atoms with Gasteiger partial charge in [-0.05, 0) is 43.4 Å². The molecule has 2 rings (SSSR count). The molecule has 2 N–H and O–H groups in total. The third-order valence-electron chi connectivity index (χ3n) is 3.32. The van der Waals surface area contributed by atoms with Crippen molar-refractivity contribution in [3.63, 3.8) is 0 Å². The van der Waals surface area contributed by atoms with Gasteiger partial charge in [0.1, 0.15) is 0 Å². The molecule has 1 fully saturated rings. The molecule has 0 bridgehead atoms. The summed E-state index contributed by atoms with van der Waals surface area (Å²) in [5, 5.41) is 4.01. The predicted octanol–water partition coefficient (Wildman–Crippen LogP) is 3.31. The second-order valence-electron chi connectivity index (χ2n) is 5.33. The molecule has 1 aliphatic carbocycles. The minimum absolute atomic E-state index is 0.418. The number of rotatable bonds is 4. The van der Waals surface area contributed by atoms with Gasteiger partial charge in [0.2, 0.25) is 10.0 Å². The first kappa shape index (κ1) is 14.5. The van der Waals surface area contributed by atoms with Crippen LogP contribution in [0.3, 0.4) is 0 Å². The predicted molar refractivity (Wildman–Crippen MR) is 80.3 cm³/mol. The second-order valence-corrected chi connectivity index (χ2v) is 7.48. The van der Waals surface area contributed by atoms with Crippen molar-refractivity contribution in [1.29, 1.82) is 0 Å². The first-order valence-electron chi connectivity index (χ1n) is 6.37. The molecule has 1 saturated carbocycles. The highest BCUT2D eigenvalue weighted by atomic mass is 35.5. The lowest BCUT2D eigenvalue weighted by Crippen LogP contribution is -2.16. The second kappa shape index (κ2) is 5.59. The first-order valence-corrected chi connectivity index (χ1v) is 8.64. The Hall–Kier alpha value is -0.940. The summed E-state index contributed by atoms with van der Waals surface area (Å²) in [6.07, 6.45) is 4.60. The number of sulfonamides is 1. The number of benzene rings is 1. The van der Waals surface area contributed by atoms with Crippen molar-refractivity contribution >= 4 is 33.0 Å². The molecule has 4 nitrogen and oxygen atoms in total. The van der Waals surface area contributed by atoms with Crippen LogP contribution in [-0.2, 0) is 10.0 Å². The SMILES string of the molecule is CC1CCC(Nc2cc(NS(C)(=O)=O)ccc2Cl)C1. The fourth-order valence-corrected chi connectivity index (χ4v) is 3.20. The summed E-state index contributed by atoms with van der Waals surface area (Å²) >= 11 is 6.14. The molecule has 6 heteroatoms. The third kappa shape index (κ3) is 4.28. The van der Waals surface area contributed by atoms with Crippen LogP contribution in [0.5, 0.6) is 0 Å². The monoisotopic (exact) mass is 302 g/mol. The zero-order valence-corrected chi connectivity index (χ0v) is 12.7. The van der Waals surface area contributed by atoms with Crippen molar-refractivity contribution in [2.75, 3.05) is 16.3 Å². The molecule has 1 aromatic carbocycles. The van der Waals surface area contributed by atoms with Crippen molar-refractivity contribution in [2.45, 2.75) is 32.2 Å². The van der Waals surface area contributed by atoms with Gasteiger partial charge in [-0.25, -0.2) is 8.42 Å². The number of hydrogen-bond donors (Lipinski definition) is 2. The number of nitrogens with one attached hydrogen (secondary N) is 2. The number of hydrogen-bond acceptors (Lipinski definition) is 3. The molecular formula is C13H19ClN2O2S. The van der Waals surface area contributed by atoms with E-state index >= 15 is 0 Å². The Bertz CT molecular complexity index is 560. The zero-order valence-electron chi connectivity index (χ0n) is 11.1. The summed E-state index contributed by atoms with van der Waals surface area (Å²) < 4.78 is 24.9. The van der Waals surface area contributed by atoms with Crippen LogP contribution < -0.4 is 10.0 Å². The van der Waals surface area contributed by atoms with Crippen LogP contribution in [0.1, 0.15) is 26.2 Å². The van der Waals surface area contributed by atoms with Crippen molar-refractivity contribution in [3.8, 4) is 0 Å². The molecule has 2 atom stereocenters. The highest BCUT2D eigenvalue weighted by Crippen LogP contribution is 2.31. The van der Waals surface area contributed by atoms with Crippen LogP contribution in [0.4, 0.5) is 11.4 Å². The van der Waals surface area contributed by atoms with E-state index < -0.39 is 10.0 Å². The molecule has 0 saturated heterocycles. The highest BCUT2D eigenvalue weighted by molar-refractivity contribution is 7.92. The van der Waals surface area contributed by atoms with Crippen LogP contribution in [0.25, 0.3) is 0 Å². The summed E-state index contributed by atoms with van der Waals surface area (Å²) in [5.41, 5.74) is 1.31. The molecule has 0 aromatic heterocycles. The van der Waals surface area contributed by atoms with E-state index in [1.54, 1.807) is 18.2 Å². The summed E-state index contributed by atoms with van der Waals surface area (Å²) in [7, 11) is -3.26. The molecule has 0 spiro atoms. The maximum absolute atomic E-state index is 11.2. The van der Waals surface area contributed by atoms with Gasteiger partial charge >= 0.3 is 0 Å². The van der Waals surface area contributed by atoms with E-state index in [0.717, 1.165) is 30.7 Å². The first-order chi connectivity index (χ1) is 8.83. The molecule has 1 aliphatic rings. The van der Waals surface area contributed by atoms with Crippen LogP contribution in [-0.4, -0.2) is 20.7 Å². The fraction of sp³-hybridized carbons (Fsp3) is 0.538. The average molecular weight is 303 g/mol. The molecule has 19 heavy (non-hydrogen) atoms. The maximum atomic E-state index is 11.2. The fourth-order valence-electron chi connectivity index (χ4n) is 2.47. The Morgan fingerprint density at radius 1 is 1.32 bits per heavy atom. The minimum atomic E-state index is -3.26. The van der Waals surface area contributed by atoms with Crippen molar-refractivity contribution in [3.05, 3.63) is 23.2 Å². The van der Waals surface area contributed by atoms with Crippen molar-refractivity contribution in [2.24, 2.45) is 5.92 Å². The molecule has 0 radical (unpaired) electrons. The van der Waals surface area contributed by atoms with E-state index in [9.17, 15) is 8.42 Å². The van der Waals surface area contributed by atoms with Crippen LogP contribution >= 0.6 is 11.6 Å². The summed E-state index contributed by atoms with van der Waals surface area (Å²) in [6, 6.07) is 5.52. The standard InChI is InChI=1S/C13H19ClN2O2S/c1-9-3-4-10(7-9)15-13-8-11(5-6-12(13)14)16-19(2,17)18/h5-6,8-10,15-16H,3-4,7H2,1-2H3. The van der Waals surface area contributed by atoms with E-state index in [1.165, 1.54) is 6.42 Å².